The van der Waals surface area contributed by atoms with E-state index in [4.69, 9.17) is 4.74 Å². The van der Waals surface area contributed by atoms with Gasteiger partial charge in [0.2, 0.25) is 0 Å². The van der Waals surface area contributed by atoms with E-state index in [1.165, 1.54) is 8.66 Å². The van der Waals surface area contributed by atoms with Crippen molar-refractivity contribution in [1.82, 2.24) is 5.32 Å². The van der Waals surface area contributed by atoms with E-state index in [1.54, 1.807) is 11.3 Å². The van der Waals surface area contributed by atoms with Crippen molar-refractivity contribution in [3.8, 4) is 0 Å². The standard InChI is InChI=1S/C12H18BrNOS/c1-8(2)9-5-6-15-10(7-14-9)11-3-4-12(13)16-11/h3-4,8-10,14H,5-7H2,1-2H3. The molecule has 1 aliphatic heterocycles. The maximum Gasteiger partial charge on any atom is 0.104 e. The van der Waals surface area contributed by atoms with Crippen LogP contribution >= 0.6 is 27.3 Å². The van der Waals surface area contributed by atoms with Gasteiger partial charge >= 0.3 is 0 Å². The van der Waals surface area contributed by atoms with Gasteiger partial charge in [-0.15, -0.1) is 11.3 Å². The zero-order valence-corrected chi connectivity index (χ0v) is 12.1. The first-order valence-electron chi connectivity index (χ1n) is 5.77. The minimum Gasteiger partial charge on any atom is -0.371 e. The fourth-order valence-corrected chi connectivity index (χ4v) is 3.48. The van der Waals surface area contributed by atoms with Crippen LogP contribution in [0, 0.1) is 5.92 Å². The van der Waals surface area contributed by atoms with E-state index in [1.807, 2.05) is 0 Å². The summed E-state index contributed by atoms with van der Waals surface area (Å²) in [5, 5.41) is 3.61. The molecule has 0 amide bonds. The van der Waals surface area contributed by atoms with Gasteiger partial charge in [-0.3, -0.25) is 0 Å². The van der Waals surface area contributed by atoms with Gasteiger partial charge in [0.25, 0.3) is 0 Å². The lowest BCUT2D eigenvalue weighted by molar-refractivity contribution is 0.0685. The van der Waals surface area contributed by atoms with Crippen LogP contribution in [-0.2, 0) is 4.74 Å². The van der Waals surface area contributed by atoms with E-state index < -0.39 is 0 Å². The highest BCUT2D eigenvalue weighted by Crippen LogP contribution is 2.30. The third-order valence-corrected chi connectivity index (χ3v) is 4.75. The SMILES string of the molecule is CC(C)C1CCOC(c2ccc(Br)s2)CN1. The molecule has 1 N–H and O–H groups in total. The molecule has 1 aliphatic rings. The average Bonchev–Trinajstić information content (AvgIpc) is 2.54. The average molecular weight is 304 g/mol. The van der Waals surface area contributed by atoms with Crippen molar-refractivity contribution in [3.63, 3.8) is 0 Å². The smallest absolute Gasteiger partial charge is 0.104 e. The Morgan fingerprint density at radius 1 is 1.50 bits per heavy atom. The van der Waals surface area contributed by atoms with E-state index in [0.717, 1.165) is 19.6 Å². The molecule has 2 rings (SSSR count). The number of ether oxygens (including phenoxy) is 1. The predicted molar refractivity (Wildman–Crippen MR) is 72.0 cm³/mol. The fourth-order valence-electron chi connectivity index (χ4n) is 2.01. The molecule has 4 heteroatoms. The third-order valence-electron chi connectivity index (χ3n) is 3.03. The largest absolute Gasteiger partial charge is 0.371 e. The molecule has 0 bridgehead atoms. The first-order valence-corrected chi connectivity index (χ1v) is 7.38. The summed E-state index contributed by atoms with van der Waals surface area (Å²) in [5.41, 5.74) is 0. The van der Waals surface area contributed by atoms with Crippen LogP contribution in [-0.4, -0.2) is 19.2 Å². The minimum atomic E-state index is 0.222. The molecular formula is C12H18BrNOS. The topological polar surface area (TPSA) is 21.3 Å². The van der Waals surface area contributed by atoms with Gasteiger partial charge in [0.1, 0.15) is 6.10 Å². The lowest BCUT2D eigenvalue weighted by Crippen LogP contribution is -2.34. The van der Waals surface area contributed by atoms with Crippen LogP contribution in [0.5, 0.6) is 0 Å². The zero-order chi connectivity index (χ0) is 11.5. The van der Waals surface area contributed by atoms with Gasteiger partial charge in [-0.25, -0.2) is 0 Å². The van der Waals surface area contributed by atoms with Crippen LogP contribution in [0.25, 0.3) is 0 Å². The minimum absolute atomic E-state index is 0.222. The normalized spacial score (nSPS) is 27.0. The Morgan fingerprint density at radius 2 is 2.31 bits per heavy atom. The van der Waals surface area contributed by atoms with Crippen molar-refractivity contribution in [3.05, 3.63) is 20.8 Å². The van der Waals surface area contributed by atoms with E-state index >= 15 is 0 Å². The second-order valence-corrected chi connectivity index (χ2v) is 7.04. The van der Waals surface area contributed by atoms with Crippen molar-refractivity contribution in [2.24, 2.45) is 5.92 Å². The lowest BCUT2D eigenvalue weighted by Gasteiger charge is -2.19. The maximum absolute atomic E-state index is 5.91. The van der Waals surface area contributed by atoms with Crippen LogP contribution in [0.4, 0.5) is 0 Å². The molecule has 0 aromatic carbocycles. The van der Waals surface area contributed by atoms with Gasteiger partial charge in [-0.1, -0.05) is 13.8 Å². The van der Waals surface area contributed by atoms with Gasteiger partial charge in [-0.05, 0) is 40.4 Å². The molecular weight excluding hydrogens is 286 g/mol. The Kier molecular flexibility index (Phi) is 4.41. The molecule has 0 saturated carbocycles. The zero-order valence-electron chi connectivity index (χ0n) is 9.70. The van der Waals surface area contributed by atoms with Gasteiger partial charge in [-0.2, -0.15) is 0 Å². The number of hydrogen-bond donors (Lipinski definition) is 1. The quantitative estimate of drug-likeness (QED) is 0.901. The van der Waals surface area contributed by atoms with E-state index in [2.05, 4.69) is 47.2 Å². The molecule has 1 saturated heterocycles. The van der Waals surface area contributed by atoms with Crippen LogP contribution in [0.1, 0.15) is 31.2 Å². The predicted octanol–water partition coefficient (Wildman–Crippen LogP) is 3.59. The summed E-state index contributed by atoms with van der Waals surface area (Å²) in [6.07, 6.45) is 1.33. The highest BCUT2D eigenvalue weighted by atomic mass is 79.9. The molecule has 2 heterocycles. The van der Waals surface area contributed by atoms with E-state index in [0.29, 0.717) is 12.0 Å². The first-order chi connectivity index (χ1) is 7.66. The maximum atomic E-state index is 5.91. The molecule has 2 unspecified atom stereocenters. The highest BCUT2D eigenvalue weighted by molar-refractivity contribution is 9.11. The Balaban J connectivity index is 1.98. The number of halogens is 1. The van der Waals surface area contributed by atoms with Crippen molar-refractivity contribution < 1.29 is 4.74 Å². The monoisotopic (exact) mass is 303 g/mol. The Hall–Kier alpha value is 0.1000. The van der Waals surface area contributed by atoms with Crippen molar-refractivity contribution in [2.45, 2.75) is 32.4 Å². The summed E-state index contributed by atoms with van der Waals surface area (Å²) < 4.78 is 7.09. The summed E-state index contributed by atoms with van der Waals surface area (Å²) in [6, 6.07) is 4.83. The summed E-state index contributed by atoms with van der Waals surface area (Å²) in [7, 11) is 0. The molecule has 1 aromatic rings. The third kappa shape index (κ3) is 3.06. The molecule has 2 atom stereocenters. The molecule has 1 aromatic heterocycles. The Morgan fingerprint density at radius 3 is 2.94 bits per heavy atom. The molecule has 16 heavy (non-hydrogen) atoms. The van der Waals surface area contributed by atoms with Crippen LogP contribution < -0.4 is 5.32 Å². The van der Waals surface area contributed by atoms with Crippen molar-refractivity contribution in [2.75, 3.05) is 13.2 Å². The summed E-state index contributed by atoms with van der Waals surface area (Å²) >= 11 is 5.26. The number of nitrogens with one attached hydrogen (secondary N) is 1. The summed E-state index contributed by atoms with van der Waals surface area (Å²) in [5.74, 6) is 0.678. The number of thiophene rings is 1. The van der Waals surface area contributed by atoms with Crippen LogP contribution in [0.15, 0.2) is 15.9 Å². The molecule has 2 nitrogen and oxygen atoms in total. The van der Waals surface area contributed by atoms with Gasteiger partial charge in [0.05, 0.1) is 3.79 Å². The lowest BCUT2D eigenvalue weighted by atomic mass is 10.0. The van der Waals surface area contributed by atoms with Crippen molar-refractivity contribution >= 4 is 27.3 Å². The second kappa shape index (κ2) is 5.63. The van der Waals surface area contributed by atoms with Crippen molar-refractivity contribution in [1.29, 1.82) is 0 Å². The van der Waals surface area contributed by atoms with Gasteiger partial charge in [0, 0.05) is 24.1 Å². The van der Waals surface area contributed by atoms with Crippen LogP contribution in [0.2, 0.25) is 0 Å². The first kappa shape index (κ1) is 12.6. The fraction of sp³-hybridized carbons (Fsp3) is 0.667. The Labute approximate surface area is 110 Å². The molecule has 0 radical (unpaired) electrons. The van der Waals surface area contributed by atoms with Gasteiger partial charge < -0.3 is 10.1 Å². The summed E-state index contributed by atoms with van der Waals surface area (Å²) in [4.78, 5) is 1.31. The summed E-state index contributed by atoms with van der Waals surface area (Å²) in [6.45, 7) is 6.31. The van der Waals surface area contributed by atoms with E-state index in [9.17, 15) is 0 Å². The Bertz CT molecular complexity index is 340. The molecule has 0 spiro atoms. The van der Waals surface area contributed by atoms with Crippen LogP contribution in [0.3, 0.4) is 0 Å². The second-order valence-electron chi connectivity index (χ2n) is 4.55. The number of hydrogen-bond acceptors (Lipinski definition) is 3. The van der Waals surface area contributed by atoms with E-state index in [-0.39, 0.29) is 6.10 Å². The molecule has 1 fully saturated rings. The highest BCUT2D eigenvalue weighted by Gasteiger charge is 2.22. The molecule has 0 aliphatic carbocycles. The van der Waals surface area contributed by atoms with Gasteiger partial charge in [0.15, 0.2) is 0 Å². The molecule has 90 valence electrons. The number of rotatable bonds is 2.